The first kappa shape index (κ1) is 22.6. The maximum atomic E-state index is 13.2. The van der Waals surface area contributed by atoms with Crippen molar-refractivity contribution in [2.45, 2.75) is 14.7 Å². The molecule has 0 heterocycles. The Balaban J connectivity index is 1.61. The van der Waals surface area contributed by atoms with Crippen molar-refractivity contribution in [1.82, 2.24) is 4.31 Å². The van der Waals surface area contributed by atoms with Gasteiger partial charge in [0.2, 0.25) is 0 Å². The molecular formula is C24H21NO5S2. The van der Waals surface area contributed by atoms with Gasteiger partial charge >= 0.3 is 0 Å². The van der Waals surface area contributed by atoms with Crippen LogP contribution in [0, 0.1) is 0 Å². The average Bonchev–Trinajstić information content (AvgIpc) is 2.82. The lowest BCUT2D eigenvalue weighted by molar-refractivity contribution is 0.0977. The van der Waals surface area contributed by atoms with E-state index in [9.17, 15) is 13.8 Å². The van der Waals surface area contributed by atoms with E-state index in [0.717, 1.165) is 4.90 Å². The van der Waals surface area contributed by atoms with Crippen LogP contribution in [0.1, 0.15) is 31.8 Å². The van der Waals surface area contributed by atoms with Crippen LogP contribution in [0.15, 0.2) is 81.4 Å². The van der Waals surface area contributed by atoms with E-state index in [2.05, 4.69) is 0 Å². The Morgan fingerprint density at radius 3 is 1.97 bits per heavy atom. The molecule has 1 atom stereocenters. The second kappa shape index (κ2) is 9.89. The van der Waals surface area contributed by atoms with Crippen molar-refractivity contribution in [2.75, 3.05) is 26.3 Å². The lowest BCUT2D eigenvalue weighted by Crippen LogP contribution is -2.31. The highest BCUT2D eigenvalue weighted by atomic mass is 32.2. The molecule has 0 aliphatic heterocycles. The lowest BCUT2D eigenvalue weighted by Gasteiger charge is -2.20. The Labute approximate surface area is 192 Å². The number of ketones is 2. The molecule has 2 N–H and O–H groups in total. The number of aliphatic hydroxyl groups excluding tert-OH is 2. The van der Waals surface area contributed by atoms with E-state index in [1.165, 1.54) is 16.1 Å². The normalized spacial score (nSPS) is 13.7. The first-order valence-electron chi connectivity index (χ1n) is 10.0. The van der Waals surface area contributed by atoms with Crippen molar-refractivity contribution in [2.24, 2.45) is 0 Å². The molecule has 0 aromatic heterocycles. The third-order valence-corrected chi connectivity index (χ3v) is 7.68. The van der Waals surface area contributed by atoms with Gasteiger partial charge < -0.3 is 10.2 Å². The number of hydrogen-bond acceptors (Lipinski definition) is 6. The summed E-state index contributed by atoms with van der Waals surface area (Å²) in [6.45, 7) is 0.0677. The van der Waals surface area contributed by atoms with Gasteiger partial charge in [-0.25, -0.2) is 8.51 Å². The van der Waals surface area contributed by atoms with Crippen molar-refractivity contribution >= 4 is 34.3 Å². The van der Waals surface area contributed by atoms with Gasteiger partial charge in [0, 0.05) is 45.1 Å². The molecule has 0 saturated carbocycles. The zero-order valence-corrected chi connectivity index (χ0v) is 18.7. The molecule has 32 heavy (non-hydrogen) atoms. The second-order valence-electron chi connectivity index (χ2n) is 7.08. The molecule has 3 aromatic carbocycles. The van der Waals surface area contributed by atoms with Gasteiger partial charge in [0.15, 0.2) is 11.6 Å². The average molecular weight is 468 g/mol. The molecule has 164 valence electrons. The summed E-state index contributed by atoms with van der Waals surface area (Å²) in [5, 5.41) is 18.3. The zero-order chi connectivity index (χ0) is 22.7. The predicted octanol–water partition coefficient (Wildman–Crippen LogP) is 2.92. The summed E-state index contributed by atoms with van der Waals surface area (Å²) < 4.78 is 14.2. The van der Waals surface area contributed by atoms with Gasteiger partial charge in [0.05, 0.1) is 18.1 Å². The van der Waals surface area contributed by atoms with E-state index in [1.54, 1.807) is 60.7 Å². The topological polar surface area (TPSA) is 94.9 Å². The minimum Gasteiger partial charge on any atom is -0.395 e. The van der Waals surface area contributed by atoms with Gasteiger partial charge in [0.25, 0.3) is 0 Å². The molecule has 0 fully saturated rings. The van der Waals surface area contributed by atoms with Gasteiger partial charge in [-0.15, -0.1) is 0 Å². The van der Waals surface area contributed by atoms with Crippen molar-refractivity contribution in [1.29, 1.82) is 0 Å². The number of aliphatic hydroxyl groups is 2. The van der Waals surface area contributed by atoms with Crippen molar-refractivity contribution in [3.8, 4) is 0 Å². The van der Waals surface area contributed by atoms with Crippen LogP contribution in [0.5, 0.6) is 0 Å². The summed E-state index contributed by atoms with van der Waals surface area (Å²) in [5.41, 5.74) is 1.65. The SMILES string of the molecule is O=C1c2ccccc2C(=O)c2c(Sc3ccc(S(=O)N(CCO)CCO)cc3)cccc21. The van der Waals surface area contributed by atoms with Crippen molar-refractivity contribution < 1.29 is 24.0 Å². The highest BCUT2D eigenvalue weighted by Crippen LogP contribution is 2.37. The van der Waals surface area contributed by atoms with Crippen LogP contribution in [0.2, 0.25) is 0 Å². The first-order chi connectivity index (χ1) is 15.5. The van der Waals surface area contributed by atoms with Crippen LogP contribution in [0.3, 0.4) is 0 Å². The molecule has 0 radical (unpaired) electrons. The van der Waals surface area contributed by atoms with Crippen LogP contribution in [0.25, 0.3) is 0 Å². The summed E-state index contributed by atoms with van der Waals surface area (Å²) in [4.78, 5) is 28.1. The van der Waals surface area contributed by atoms with Crippen LogP contribution in [-0.2, 0) is 11.0 Å². The van der Waals surface area contributed by atoms with E-state index in [0.29, 0.717) is 32.0 Å². The molecule has 8 heteroatoms. The van der Waals surface area contributed by atoms with Crippen molar-refractivity contribution in [3.63, 3.8) is 0 Å². The Morgan fingerprint density at radius 1 is 0.750 bits per heavy atom. The smallest absolute Gasteiger partial charge is 0.195 e. The number of carbonyl (C=O) groups is 2. The number of rotatable bonds is 8. The number of benzene rings is 3. The molecule has 1 aliphatic rings. The van der Waals surface area contributed by atoms with E-state index in [1.807, 2.05) is 6.07 Å². The third-order valence-electron chi connectivity index (χ3n) is 5.10. The lowest BCUT2D eigenvalue weighted by atomic mass is 9.84. The Hall–Kier alpha value is -2.62. The van der Waals surface area contributed by atoms with Crippen LogP contribution >= 0.6 is 11.8 Å². The van der Waals surface area contributed by atoms with Crippen molar-refractivity contribution in [3.05, 3.63) is 89.0 Å². The molecule has 1 unspecified atom stereocenters. The fourth-order valence-electron chi connectivity index (χ4n) is 3.60. The number of fused-ring (bicyclic) bond motifs is 2. The number of hydrogen-bond donors (Lipinski definition) is 2. The molecule has 0 saturated heterocycles. The molecule has 6 nitrogen and oxygen atoms in total. The molecular weight excluding hydrogens is 446 g/mol. The highest BCUT2D eigenvalue weighted by molar-refractivity contribution is 7.99. The monoisotopic (exact) mass is 467 g/mol. The van der Waals surface area contributed by atoms with Crippen LogP contribution in [-0.4, -0.2) is 56.6 Å². The summed E-state index contributed by atoms with van der Waals surface area (Å²) in [6, 6.07) is 19.2. The van der Waals surface area contributed by atoms with E-state index in [4.69, 9.17) is 10.2 Å². The zero-order valence-electron chi connectivity index (χ0n) is 17.1. The molecule has 3 aromatic rings. The summed E-state index contributed by atoms with van der Waals surface area (Å²) in [5.74, 6) is -0.323. The molecule has 0 spiro atoms. The van der Waals surface area contributed by atoms with Gasteiger partial charge in [-0.2, -0.15) is 0 Å². The second-order valence-corrected chi connectivity index (χ2v) is 9.68. The van der Waals surface area contributed by atoms with E-state index in [-0.39, 0.29) is 37.9 Å². The molecule has 0 bridgehead atoms. The van der Waals surface area contributed by atoms with Gasteiger partial charge in [-0.05, 0) is 30.3 Å². The molecule has 0 amide bonds. The number of nitrogens with zero attached hydrogens (tertiary/aromatic N) is 1. The first-order valence-corrected chi connectivity index (χ1v) is 12.0. The summed E-state index contributed by atoms with van der Waals surface area (Å²) in [6.07, 6.45) is 0. The molecule has 4 rings (SSSR count). The number of carbonyl (C=O) groups excluding carboxylic acids is 2. The fourth-order valence-corrected chi connectivity index (χ4v) is 5.74. The summed E-state index contributed by atoms with van der Waals surface area (Å²) in [7, 11) is -1.51. The van der Waals surface area contributed by atoms with Gasteiger partial charge in [-0.3, -0.25) is 9.59 Å². The quantitative estimate of drug-likeness (QED) is 0.414. The fraction of sp³-hybridized carbons (Fsp3) is 0.167. The minimum atomic E-state index is -1.51. The Morgan fingerprint density at radius 2 is 1.34 bits per heavy atom. The maximum absolute atomic E-state index is 13.2. The third kappa shape index (κ3) is 4.32. The van der Waals surface area contributed by atoms with Crippen LogP contribution < -0.4 is 0 Å². The standard InChI is InChI=1S/C24H21NO5S2/c26-14-12-25(13-15-27)32(30)17-10-8-16(9-11-17)31-21-7-3-6-20-22(21)24(29)19-5-2-1-4-18(19)23(20)28/h1-11,26-27H,12-15H2. The predicted molar refractivity (Wildman–Crippen MR) is 122 cm³/mol. The van der Waals surface area contributed by atoms with Gasteiger partial charge in [0.1, 0.15) is 11.0 Å². The maximum Gasteiger partial charge on any atom is 0.195 e. The minimum absolute atomic E-state index is 0.156. The van der Waals surface area contributed by atoms with Crippen LogP contribution in [0.4, 0.5) is 0 Å². The van der Waals surface area contributed by atoms with E-state index < -0.39 is 11.0 Å². The molecule has 1 aliphatic carbocycles. The van der Waals surface area contributed by atoms with Gasteiger partial charge in [-0.1, -0.05) is 48.2 Å². The van der Waals surface area contributed by atoms with E-state index >= 15 is 0 Å². The Kier molecular flexibility index (Phi) is 6.98. The Bertz CT molecular complexity index is 1190. The highest BCUT2D eigenvalue weighted by Gasteiger charge is 2.31. The largest absolute Gasteiger partial charge is 0.395 e. The summed E-state index contributed by atoms with van der Waals surface area (Å²) >= 11 is 1.37.